The number of hydrogen-bond acceptors (Lipinski definition) is 6. The van der Waals surface area contributed by atoms with Crippen LogP contribution in [0, 0.1) is 12.8 Å². The molecule has 0 radical (unpaired) electrons. The average Bonchev–Trinajstić information content (AvgIpc) is 2.86. The molecular formula is C26H29ClN4O3S. The minimum atomic E-state index is -3.70. The van der Waals surface area contributed by atoms with Crippen LogP contribution in [0.1, 0.15) is 36.6 Å². The van der Waals surface area contributed by atoms with Gasteiger partial charge in [0.25, 0.3) is 0 Å². The smallest absolute Gasteiger partial charge is 0.243 e. The highest BCUT2D eigenvalue weighted by Crippen LogP contribution is 2.34. The standard InChI is InChI=1S/C26H29ClN4O3S/c1-18-3-7-21(8-4-18)34-25-23-17-31(35(32,33)22-9-5-20(27)6-10-22)16-13-24(23)28-26(29-25)30-14-11-19(2)12-15-30/h3-10,19H,11-17H2,1-2H3. The Hall–Kier alpha value is -2.68. The van der Waals surface area contributed by atoms with Crippen LogP contribution < -0.4 is 9.64 Å². The second kappa shape index (κ2) is 9.76. The molecule has 0 atom stereocenters. The molecule has 1 fully saturated rings. The maximum atomic E-state index is 13.4. The minimum Gasteiger partial charge on any atom is -0.439 e. The number of rotatable bonds is 5. The Morgan fingerprint density at radius 1 is 0.971 bits per heavy atom. The van der Waals surface area contributed by atoms with Crippen LogP contribution in [0.3, 0.4) is 0 Å². The van der Waals surface area contributed by atoms with E-state index < -0.39 is 10.0 Å². The third-order valence-electron chi connectivity index (χ3n) is 6.73. The molecule has 0 unspecified atom stereocenters. The fourth-order valence-electron chi connectivity index (χ4n) is 4.46. The number of halogens is 1. The average molecular weight is 513 g/mol. The van der Waals surface area contributed by atoms with E-state index >= 15 is 0 Å². The van der Waals surface area contributed by atoms with Crippen LogP contribution in [0.25, 0.3) is 0 Å². The number of fused-ring (bicyclic) bond motifs is 1. The Balaban J connectivity index is 1.50. The minimum absolute atomic E-state index is 0.152. The number of hydrogen-bond donors (Lipinski definition) is 0. The lowest BCUT2D eigenvalue weighted by Crippen LogP contribution is -2.38. The second-order valence-corrected chi connectivity index (χ2v) is 11.8. The van der Waals surface area contributed by atoms with Crippen LogP contribution in [-0.4, -0.2) is 42.3 Å². The highest BCUT2D eigenvalue weighted by atomic mass is 35.5. The van der Waals surface area contributed by atoms with E-state index in [4.69, 9.17) is 26.3 Å². The second-order valence-electron chi connectivity index (χ2n) is 9.38. The lowest BCUT2D eigenvalue weighted by molar-refractivity contribution is 0.368. The Labute approximate surface area is 211 Å². The van der Waals surface area contributed by atoms with Crippen molar-refractivity contribution >= 4 is 27.6 Å². The Bertz CT molecular complexity index is 1310. The molecule has 0 aliphatic carbocycles. The normalized spacial score (nSPS) is 17.3. The van der Waals surface area contributed by atoms with Crippen LogP contribution in [-0.2, 0) is 23.0 Å². The topological polar surface area (TPSA) is 75.6 Å². The molecule has 1 aromatic heterocycles. The van der Waals surface area contributed by atoms with Gasteiger partial charge in [0.1, 0.15) is 5.75 Å². The molecule has 2 aromatic carbocycles. The van der Waals surface area contributed by atoms with E-state index in [-0.39, 0.29) is 11.4 Å². The van der Waals surface area contributed by atoms with Gasteiger partial charge in [-0.1, -0.05) is 36.2 Å². The van der Waals surface area contributed by atoms with Gasteiger partial charge in [0.05, 0.1) is 16.2 Å². The molecule has 5 rings (SSSR count). The quantitative estimate of drug-likeness (QED) is 0.467. The molecular weight excluding hydrogens is 484 g/mol. The van der Waals surface area contributed by atoms with Crippen molar-refractivity contribution in [2.45, 2.75) is 44.6 Å². The summed E-state index contributed by atoms with van der Waals surface area (Å²) in [6, 6.07) is 14.0. The van der Waals surface area contributed by atoms with Crippen molar-refractivity contribution in [3.05, 3.63) is 70.4 Å². The molecule has 0 spiro atoms. The van der Waals surface area contributed by atoms with E-state index in [2.05, 4.69) is 11.8 Å². The zero-order valence-electron chi connectivity index (χ0n) is 19.9. The van der Waals surface area contributed by atoms with Crippen LogP contribution in [0.2, 0.25) is 5.02 Å². The SMILES string of the molecule is Cc1ccc(Oc2nc(N3CCC(C)CC3)nc3c2CN(S(=O)(=O)c2ccc(Cl)cc2)CC3)cc1. The van der Waals surface area contributed by atoms with Crippen LogP contribution in [0.4, 0.5) is 5.95 Å². The largest absolute Gasteiger partial charge is 0.439 e. The van der Waals surface area contributed by atoms with Gasteiger partial charge in [-0.2, -0.15) is 9.29 Å². The molecule has 0 N–H and O–H groups in total. The zero-order chi connectivity index (χ0) is 24.6. The van der Waals surface area contributed by atoms with Crippen molar-refractivity contribution in [1.82, 2.24) is 14.3 Å². The van der Waals surface area contributed by atoms with Gasteiger partial charge in [-0.05, 0) is 62.1 Å². The number of anilines is 1. The predicted octanol–water partition coefficient (Wildman–Crippen LogP) is 5.21. The first kappa shape index (κ1) is 24.0. The number of sulfonamides is 1. The third kappa shape index (κ3) is 5.15. The fourth-order valence-corrected chi connectivity index (χ4v) is 5.99. The van der Waals surface area contributed by atoms with Crippen LogP contribution in [0.5, 0.6) is 11.6 Å². The number of aryl methyl sites for hydroxylation is 1. The number of ether oxygens (including phenoxy) is 1. The predicted molar refractivity (Wildman–Crippen MR) is 137 cm³/mol. The summed E-state index contributed by atoms with van der Waals surface area (Å²) in [6.07, 6.45) is 2.69. The molecule has 7 nitrogen and oxygen atoms in total. The van der Waals surface area contributed by atoms with Crippen molar-refractivity contribution in [2.75, 3.05) is 24.5 Å². The number of nitrogens with zero attached hydrogens (tertiary/aromatic N) is 4. The Kier molecular flexibility index (Phi) is 6.70. The summed E-state index contributed by atoms with van der Waals surface area (Å²) < 4.78 is 34.4. The molecule has 9 heteroatoms. The van der Waals surface area contributed by atoms with E-state index in [0.29, 0.717) is 47.0 Å². The first-order valence-electron chi connectivity index (χ1n) is 11.9. The van der Waals surface area contributed by atoms with Gasteiger partial charge in [0.2, 0.25) is 21.9 Å². The molecule has 2 aliphatic rings. The number of benzene rings is 2. The third-order valence-corrected chi connectivity index (χ3v) is 8.84. The number of aromatic nitrogens is 2. The summed E-state index contributed by atoms with van der Waals surface area (Å²) in [5, 5.41) is 0.495. The summed E-state index contributed by atoms with van der Waals surface area (Å²) in [7, 11) is -3.70. The molecule has 2 aliphatic heterocycles. The van der Waals surface area contributed by atoms with Crippen molar-refractivity contribution in [3.8, 4) is 11.6 Å². The lowest BCUT2D eigenvalue weighted by Gasteiger charge is -2.33. The van der Waals surface area contributed by atoms with Crippen molar-refractivity contribution in [2.24, 2.45) is 5.92 Å². The molecule has 184 valence electrons. The molecule has 0 amide bonds. The zero-order valence-corrected chi connectivity index (χ0v) is 21.5. The van der Waals surface area contributed by atoms with Gasteiger partial charge in [0.15, 0.2) is 0 Å². The van der Waals surface area contributed by atoms with Gasteiger partial charge in [0, 0.05) is 37.6 Å². The van der Waals surface area contributed by atoms with Crippen LogP contribution in [0.15, 0.2) is 53.4 Å². The summed E-state index contributed by atoms with van der Waals surface area (Å²) in [6.45, 7) is 6.59. The van der Waals surface area contributed by atoms with E-state index in [1.807, 2.05) is 31.2 Å². The van der Waals surface area contributed by atoms with Gasteiger partial charge in [-0.15, -0.1) is 0 Å². The summed E-state index contributed by atoms with van der Waals surface area (Å²) >= 11 is 5.96. The molecule has 35 heavy (non-hydrogen) atoms. The highest BCUT2D eigenvalue weighted by Gasteiger charge is 2.33. The van der Waals surface area contributed by atoms with Crippen molar-refractivity contribution < 1.29 is 13.2 Å². The van der Waals surface area contributed by atoms with Crippen LogP contribution >= 0.6 is 11.6 Å². The Morgan fingerprint density at radius 2 is 1.66 bits per heavy atom. The van der Waals surface area contributed by atoms with E-state index in [1.54, 1.807) is 12.1 Å². The summed E-state index contributed by atoms with van der Waals surface area (Å²) in [4.78, 5) is 12.1. The molecule has 3 heterocycles. The van der Waals surface area contributed by atoms with Gasteiger partial charge in [-0.25, -0.2) is 13.4 Å². The van der Waals surface area contributed by atoms with E-state index in [1.165, 1.54) is 16.4 Å². The fraction of sp³-hybridized carbons (Fsp3) is 0.385. The summed E-state index contributed by atoms with van der Waals surface area (Å²) in [5.41, 5.74) is 2.69. The molecule has 0 saturated carbocycles. The highest BCUT2D eigenvalue weighted by molar-refractivity contribution is 7.89. The van der Waals surface area contributed by atoms with E-state index in [9.17, 15) is 8.42 Å². The molecule has 3 aromatic rings. The van der Waals surface area contributed by atoms with Gasteiger partial charge < -0.3 is 9.64 Å². The first-order valence-corrected chi connectivity index (χ1v) is 13.8. The van der Waals surface area contributed by atoms with E-state index in [0.717, 1.165) is 37.2 Å². The molecule has 1 saturated heterocycles. The Morgan fingerprint density at radius 3 is 2.34 bits per heavy atom. The lowest BCUT2D eigenvalue weighted by atomic mass is 9.99. The maximum Gasteiger partial charge on any atom is 0.243 e. The maximum absolute atomic E-state index is 13.4. The summed E-state index contributed by atoms with van der Waals surface area (Å²) in [5.74, 6) is 2.43. The molecule has 0 bridgehead atoms. The van der Waals surface area contributed by atoms with Crippen molar-refractivity contribution in [1.29, 1.82) is 0 Å². The van der Waals surface area contributed by atoms with Crippen molar-refractivity contribution in [3.63, 3.8) is 0 Å². The van der Waals surface area contributed by atoms with Gasteiger partial charge >= 0.3 is 0 Å². The number of piperidine rings is 1. The monoisotopic (exact) mass is 512 g/mol. The first-order chi connectivity index (χ1) is 16.8. The van der Waals surface area contributed by atoms with Gasteiger partial charge in [-0.3, -0.25) is 0 Å².